The van der Waals surface area contributed by atoms with Gasteiger partial charge in [0.15, 0.2) is 11.7 Å². The Balaban J connectivity index is 2.14. The molecule has 0 fully saturated rings. The normalized spacial score (nSPS) is 15.5. The zero-order valence-corrected chi connectivity index (χ0v) is 9.08. The van der Waals surface area contributed by atoms with Gasteiger partial charge in [-0.2, -0.15) is 0 Å². The average molecular weight is 241 g/mol. The zero-order chi connectivity index (χ0) is 11.5. The van der Waals surface area contributed by atoms with Crippen LogP contribution in [-0.2, 0) is 0 Å². The Labute approximate surface area is 97.3 Å². The molecule has 1 aliphatic rings. The maximum absolute atomic E-state index is 13.4. The number of benzene rings is 1. The molecule has 0 radical (unpaired) electrons. The van der Waals surface area contributed by atoms with E-state index in [0.717, 1.165) is 4.42 Å². The summed E-state index contributed by atoms with van der Waals surface area (Å²) in [5, 5.41) is 2.83. The Morgan fingerprint density at radius 1 is 1.50 bits per heavy atom. The third-order valence-corrected chi connectivity index (χ3v) is 2.20. The highest BCUT2D eigenvalue weighted by atomic mass is 35.5. The molecule has 4 nitrogen and oxygen atoms in total. The van der Waals surface area contributed by atoms with Crippen molar-refractivity contribution in [1.82, 2.24) is 4.42 Å². The molecule has 0 amide bonds. The fraction of sp³-hybridized carbons (Fsp3) is 0.100. The summed E-state index contributed by atoms with van der Waals surface area (Å²) >= 11 is 5.57. The Hall–Kier alpha value is -1.75. The van der Waals surface area contributed by atoms with Gasteiger partial charge in [-0.3, -0.25) is 4.42 Å². The van der Waals surface area contributed by atoms with E-state index in [1.165, 1.54) is 6.20 Å². The van der Waals surface area contributed by atoms with Gasteiger partial charge in [-0.05, 0) is 18.2 Å². The Morgan fingerprint density at radius 3 is 3.00 bits per heavy atom. The van der Waals surface area contributed by atoms with Crippen molar-refractivity contribution in [3.63, 3.8) is 0 Å². The standard InChI is InChI=1S/C10H10ClFN4/c11-16-5-9(12)10(14-6-16)15-8-3-1-2-7(13)4-8/h1-5H,6,13H2,(H,14,15). The number of hydrogen-bond donors (Lipinski definition) is 2. The monoisotopic (exact) mass is 240 g/mol. The van der Waals surface area contributed by atoms with E-state index in [9.17, 15) is 4.39 Å². The summed E-state index contributed by atoms with van der Waals surface area (Å²) in [6.45, 7) is 0.208. The fourth-order valence-electron chi connectivity index (χ4n) is 1.29. The van der Waals surface area contributed by atoms with E-state index in [1.54, 1.807) is 24.3 Å². The third-order valence-electron chi connectivity index (χ3n) is 1.99. The van der Waals surface area contributed by atoms with Crippen molar-refractivity contribution in [2.75, 3.05) is 17.7 Å². The number of hydrogen-bond acceptors (Lipinski definition) is 4. The van der Waals surface area contributed by atoms with Crippen molar-refractivity contribution in [3.8, 4) is 0 Å². The predicted molar refractivity (Wildman–Crippen MR) is 63.7 cm³/mol. The van der Waals surface area contributed by atoms with Crippen molar-refractivity contribution < 1.29 is 4.39 Å². The van der Waals surface area contributed by atoms with Crippen LogP contribution in [0.2, 0.25) is 0 Å². The van der Waals surface area contributed by atoms with E-state index >= 15 is 0 Å². The Morgan fingerprint density at radius 2 is 2.31 bits per heavy atom. The minimum atomic E-state index is -0.510. The minimum absolute atomic E-state index is 0.155. The number of rotatable bonds is 1. The van der Waals surface area contributed by atoms with Gasteiger partial charge in [0.25, 0.3) is 0 Å². The highest BCUT2D eigenvalue weighted by Gasteiger charge is 2.13. The van der Waals surface area contributed by atoms with Crippen LogP contribution in [0.1, 0.15) is 0 Å². The average Bonchev–Trinajstić information content (AvgIpc) is 2.22. The lowest BCUT2D eigenvalue weighted by atomic mass is 10.3. The molecular formula is C10H10ClFN4. The Bertz CT molecular complexity index is 458. The lowest BCUT2D eigenvalue weighted by Gasteiger charge is -2.16. The number of nitrogen functional groups attached to an aromatic ring is 1. The van der Waals surface area contributed by atoms with Crippen LogP contribution < -0.4 is 11.1 Å². The van der Waals surface area contributed by atoms with Crippen molar-refractivity contribution in [2.24, 2.45) is 4.99 Å². The molecule has 0 aromatic heterocycles. The summed E-state index contributed by atoms with van der Waals surface area (Å²) in [4.78, 5) is 3.93. The molecule has 1 heterocycles. The molecule has 84 valence electrons. The van der Waals surface area contributed by atoms with Crippen molar-refractivity contribution >= 4 is 29.0 Å². The summed E-state index contributed by atoms with van der Waals surface area (Å²) in [6.07, 6.45) is 1.17. The summed E-state index contributed by atoms with van der Waals surface area (Å²) < 4.78 is 14.5. The molecule has 0 saturated heterocycles. The Kier molecular flexibility index (Phi) is 2.96. The largest absolute Gasteiger partial charge is 0.399 e. The topological polar surface area (TPSA) is 53.6 Å². The van der Waals surface area contributed by atoms with Crippen LogP contribution in [0.5, 0.6) is 0 Å². The van der Waals surface area contributed by atoms with E-state index < -0.39 is 5.83 Å². The highest BCUT2D eigenvalue weighted by molar-refractivity contribution is 6.15. The van der Waals surface area contributed by atoms with Gasteiger partial charge in [-0.25, -0.2) is 9.38 Å². The van der Waals surface area contributed by atoms with Gasteiger partial charge in [0.1, 0.15) is 6.67 Å². The first-order valence-corrected chi connectivity index (χ1v) is 4.96. The molecule has 2 rings (SSSR count). The number of aliphatic imine (C=N–C) groups is 1. The van der Waals surface area contributed by atoms with Gasteiger partial charge < -0.3 is 11.1 Å². The lowest BCUT2D eigenvalue weighted by molar-refractivity contribution is 0.561. The smallest absolute Gasteiger partial charge is 0.182 e. The van der Waals surface area contributed by atoms with Crippen molar-refractivity contribution in [3.05, 3.63) is 36.3 Å². The molecule has 1 aromatic carbocycles. The van der Waals surface area contributed by atoms with Crippen LogP contribution in [-0.4, -0.2) is 16.9 Å². The molecule has 6 heteroatoms. The van der Waals surface area contributed by atoms with E-state index in [2.05, 4.69) is 10.3 Å². The van der Waals surface area contributed by atoms with Crippen LogP contribution in [0.3, 0.4) is 0 Å². The van der Waals surface area contributed by atoms with E-state index in [1.807, 2.05) is 0 Å². The van der Waals surface area contributed by atoms with Crippen LogP contribution in [0, 0.1) is 0 Å². The van der Waals surface area contributed by atoms with E-state index in [-0.39, 0.29) is 12.5 Å². The lowest BCUT2D eigenvalue weighted by Crippen LogP contribution is -2.21. The fourth-order valence-corrected chi connectivity index (χ4v) is 1.43. The van der Waals surface area contributed by atoms with Gasteiger partial charge in [-0.1, -0.05) is 6.07 Å². The van der Waals surface area contributed by atoms with Crippen molar-refractivity contribution in [1.29, 1.82) is 0 Å². The second-order valence-corrected chi connectivity index (χ2v) is 3.71. The SMILES string of the molecule is Nc1cccc(NC2=NCN(Cl)C=C2F)c1. The first-order chi connectivity index (χ1) is 7.65. The van der Waals surface area contributed by atoms with E-state index in [0.29, 0.717) is 11.4 Å². The number of anilines is 2. The number of halogens is 2. The molecule has 3 N–H and O–H groups in total. The van der Waals surface area contributed by atoms with Gasteiger partial charge in [-0.15, -0.1) is 0 Å². The second-order valence-electron chi connectivity index (χ2n) is 3.28. The number of nitrogens with zero attached hydrogens (tertiary/aromatic N) is 2. The predicted octanol–water partition coefficient (Wildman–Crippen LogP) is 2.32. The molecule has 0 aliphatic carbocycles. The number of nitrogens with two attached hydrogens (primary N) is 1. The summed E-state index contributed by atoms with van der Waals surface area (Å²) in [7, 11) is 0. The molecule has 0 unspecified atom stereocenters. The van der Waals surface area contributed by atoms with Gasteiger partial charge in [0.05, 0.1) is 6.20 Å². The molecular weight excluding hydrogens is 231 g/mol. The van der Waals surface area contributed by atoms with Gasteiger partial charge >= 0.3 is 0 Å². The molecule has 1 aromatic rings. The van der Waals surface area contributed by atoms with E-state index in [4.69, 9.17) is 17.5 Å². The molecule has 16 heavy (non-hydrogen) atoms. The third kappa shape index (κ3) is 2.43. The summed E-state index contributed by atoms with van der Waals surface area (Å²) in [5.74, 6) is -0.355. The highest BCUT2D eigenvalue weighted by Crippen LogP contribution is 2.16. The first kappa shape index (κ1) is 10.8. The van der Waals surface area contributed by atoms with Crippen LogP contribution in [0.4, 0.5) is 15.8 Å². The van der Waals surface area contributed by atoms with Crippen LogP contribution in [0.25, 0.3) is 0 Å². The number of nitrogens with one attached hydrogen (secondary N) is 1. The second kappa shape index (κ2) is 4.40. The summed E-state index contributed by atoms with van der Waals surface area (Å²) in [5.41, 5.74) is 6.89. The van der Waals surface area contributed by atoms with Crippen LogP contribution in [0.15, 0.2) is 41.3 Å². The quantitative estimate of drug-likeness (QED) is 0.585. The minimum Gasteiger partial charge on any atom is -0.399 e. The molecule has 1 aliphatic heterocycles. The molecule has 0 bridgehead atoms. The maximum Gasteiger partial charge on any atom is 0.182 e. The summed E-state index contributed by atoms with van der Waals surface area (Å²) in [6, 6.07) is 7.00. The first-order valence-electron chi connectivity index (χ1n) is 4.62. The van der Waals surface area contributed by atoms with Crippen LogP contribution >= 0.6 is 11.8 Å². The maximum atomic E-state index is 13.4. The van der Waals surface area contributed by atoms with Gasteiger partial charge in [0.2, 0.25) is 0 Å². The number of amidine groups is 1. The van der Waals surface area contributed by atoms with Crippen molar-refractivity contribution in [2.45, 2.75) is 0 Å². The zero-order valence-electron chi connectivity index (χ0n) is 8.32. The molecule has 0 atom stereocenters. The molecule has 0 spiro atoms. The van der Waals surface area contributed by atoms with Gasteiger partial charge in [0, 0.05) is 23.2 Å². The molecule has 0 saturated carbocycles.